The quantitative estimate of drug-likeness (QED) is 0.519. The Kier molecular flexibility index (Phi) is 3.77. The summed E-state index contributed by atoms with van der Waals surface area (Å²) in [4.78, 5) is 0. The van der Waals surface area contributed by atoms with E-state index in [4.69, 9.17) is 0 Å². The Morgan fingerprint density at radius 3 is 2.39 bits per heavy atom. The first-order valence-electron chi connectivity index (χ1n) is 10.1. The van der Waals surface area contributed by atoms with E-state index in [1.54, 1.807) is 12.1 Å². The summed E-state index contributed by atoms with van der Waals surface area (Å²) >= 11 is 0. The fourth-order valence-corrected chi connectivity index (χ4v) is 6.55. The zero-order chi connectivity index (χ0) is 19.8. The van der Waals surface area contributed by atoms with Crippen LogP contribution in [0.2, 0.25) is 0 Å². The van der Waals surface area contributed by atoms with Gasteiger partial charge < -0.3 is 25.5 Å². The molecule has 3 aliphatic rings. The highest BCUT2D eigenvalue weighted by Gasteiger charge is 2.58. The third kappa shape index (κ3) is 2.28. The van der Waals surface area contributed by atoms with Crippen LogP contribution >= 0.6 is 0 Å². The molecule has 6 nitrogen and oxygen atoms in total. The molecule has 0 spiro atoms. The highest BCUT2D eigenvalue weighted by molar-refractivity contribution is 5.44. The lowest BCUT2D eigenvalue weighted by Crippen LogP contribution is -2.45. The zero-order valence-electron chi connectivity index (χ0n) is 15.9. The van der Waals surface area contributed by atoms with Crippen LogP contribution in [0.3, 0.4) is 0 Å². The fourth-order valence-electron chi connectivity index (χ4n) is 6.55. The molecule has 0 radical (unpaired) electrons. The number of nitrogens with zero attached hydrogens (tertiary/aromatic N) is 1. The smallest absolute Gasteiger partial charge is 0.194 e. The predicted octanol–water partition coefficient (Wildman–Crippen LogP) is 2.84. The highest BCUT2D eigenvalue weighted by atomic mass is 16.3. The molecule has 0 bridgehead atoms. The Bertz CT molecular complexity index is 904. The van der Waals surface area contributed by atoms with Crippen molar-refractivity contribution in [2.24, 2.45) is 17.3 Å². The van der Waals surface area contributed by atoms with Crippen LogP contribution < -0.4 is 0 Å². The second-order valence-corrected chi connectivity index (χ2v) is 9.15. The van der Waals surface area contributed by atoms with E-state index in [0.717, 1.165) is 24.0 Å². The van der Waals surface area contributed by atoms with E-state index in [2.05, 4.69) is 6.92 Å². The van der Waals surface area contributed by atoms with Gasteiger partial charge in [-0.15, -0.1) is 0 Å². The molecule has 5 N–H and O–H groups in total. The average Bonchev–Trinajstić information content (AvgIpc) is 3.11. The molecule has 6 heteroatoms. The van der Waals surface area contributed by atoms with E-state index in [0.29, 0.717) is 12.8 Å². The lowest BCUT2D eigenvalue weighted by atomic mass is 9.54. The monoisotopic (exact) mass is 385 g/mol. The number of aliphatic hydroxyl groups excluding tert-OH is 2. The maximum atomic E-state index is 10.6. The van der Waals surface area contributed by atoms with E-state index < -0.39 is 12.2 Å². The molecule has 7 atom stereocenters. The Morgan fingerprint density at radius 1 is 0.964 bits per heavy atom. The van der Waals surface area contributed by atoms with Crippen molar-refractivity contribution in [2.45, 2.75) is 56.8 Å². The third-order valence-electron chi connectivity index (χ3n) is 7.92. The number of aromatic hydroxyl groups is 3. The molecule has 28 heavy (non-hydrogen) atoms. The van der Waals surface area contributed by atoms with Gasteiger partial charge in [-0.3, -0.25) is 4.57 Å². The SMILES string of the molecule is C[C@]12CC[C@@H]3c4ccc(O)cc4[C@@H](n4c(O)ccc4O)C[C@H]3[C@@H]1C[C@@H](O)[C@@H]2O. The molecule has 3 aliphatic carbocycles. The Labute approximate surface area is 163 Å². The minimum atomic E-state index is -0.716. The van der Waals surface area contributed by atoms with Crippen LogP contribution in [0, 0.1) is 17.3 Å². The van der Waals surface area contributed by atoms with Gasteiger partial charge in [-0.05, 0) is 72.1 Å². The van der Waals surface area contributed by atoms with E-state index >= 15 is 0 Å². The number of benzene rings is 1. The van der Waals surface area contributed by atoms with Gasteiger partial charge in [0, 0.05) is 12.1 Å². The summed E-state index contributed by atoms with van der Waals surface area (Å²) in [6, 6.07) is 8.02. The van der Waals surface area contributed by atoms with Crippen molar-refractivity contribution in [3.8, 4) is 17.5 Å². The van der Waals surface area contributed by atoms with Gasteiger partial charge in [-0.2, -0.15) is 0 Å². The average molecular weight is 385 g/mol. The molecular weight excluding hydrogens is 358 g/mol. The Morgan fingerprint density at radius 2 is 1.68 bits per heavy atom. The van der Waals surface area contributed by atoms with Gasteiger partial charge in [0.05, 0.1) is 18.2 Å². The molecule has 5 rings (SSSR count). The summed E-state index contributed by atoms with van der Waals surface area (Å²) in [6.45, 7) is 2.08. The summed E-state index contributed by atoms with van der Waals surface area (Å²) in [7, 11) is 0. The van der Waals surface area contributed by atoms with Crippen molar-refractivity contribution in [1.29, 1.82) is 0 Å². The number of aromatic nitrogens is 1. The molecule has 2 aromatic rings. The molecule has 2 saturated carbocycles. The first-order chi connectivity index (χ1) is 13.3. The van der Waals surface area contributed by atoms with Crippen molar-refractivity contribution >= 4 is 0 Å². The number of fused-ring (bicyclic) bond motifs is 5. The maximum absolute atomic E-state index is 10.6. The second kappa shape index (κ2) is 5.91. The van der Waals surface area contributed by atoms with Crippen LogP contribution in [0.25, 0.3) is 0 Å². The second-order valence-electron chi connectivity index (χ2n) is 9.15. The molecule has 150 valence electrons. The fraction of sp³-hybridized carbons (Fsp3) is 0.545. The van der Waals surface area contributed by atoms with Gasteiger partial charge >= 0.3 is 0 Å². The minimum absolute atomic E-state index is 0.0136. The van der Waals surface area contributed by atoms with Crippen LogP contribution in [0.5, 0.6) is 17.5 Å². The predicted molar refractivity (Wildman–Crippen MR) is 102 cm³/mol. The van der Waals surface area contributed by atoms with Gasteiger partial charge in [0.1, 0.15) is 5.75 Å². The highest BCUT2D eigenvalue weighted by Crippen LogP contribution is 2.63. The molecule has 1 aromatic heterocycles. The Hall–Kier alpha value is -2.18. The van der Waals surface area contributed by atoms with E-state index in [1.807, 2.05) is 6.07 Å². The molecule has 0 aliphatic heterocycles. The number of rotatable bonds is 1. The van der Waals surface area contributed by atoms with Gasteiger partial charge in [0.15, 0.2) is 11.8 Å². The van der Waals surface area contributed by atoms with Gasteiger partial charge in [-0.25, -0.2) is 0 Å². The van der Waals surface area contributed by atoms with Crippen molar-refractivity contribution in [3.05, 3.63) is 41.5 Å². The number of phenolic OH excluding ortho intramolecular Hbond substituents is 1. The number of phenols is 1. The topological polar surface area (TPSA) is 106 Å². The molecule has 1 heterocycles. The molecule has 0 amide bonds. The van der Waals surface area contributed by atoms with Gasteiger partial charge in [0.2, 0.25) is 0 Å². The first kappa shape index (κ1) is 17.9. The number of aliphatic hydroxyl groups is 2. The molecule has 0 saturated heterocycles. The van der Waals surface area contributed by atoms with Gasteiger partial charge in [0.25, 0.3) is 0 Å². The van der Waals surface area contributed by atoms with Crippen molar-refractivity contribution in [1.82, 2.24) is 4.57 Å². The van der Waals surface area contributed by atoms with Crippen molar-refractivity contribution in [2.75, 3.05) is 0 Å². The molecule has 2 fully saturated rings. The van der Waals surface area contributed by atoms with Crippen LogP contribution in [-0.4, -0.2) is 42.3 Å². The number of hydrogen-bond acceptors (Lipinski definition) is 5. The summed E-state index contributed by atoms with van der Waals surface area (Å²) < 4.78 is 1.52. The Balaban J connectivity index is 1.65. The van der Waals surface area contributed by atoms with Crippen LogP contribution in [0.15, 0.2) is 30.3 Å². The lowest BCUT2D eigenvalue weighted by Gasteiger charge is -2.51. The van der Waals surface area contributed by atoms with E-state index in [1.165, 1.54) is 16.7 Å². The minimum Gasteiger partial charge on any atom is -0.508 e. The summed E-state index contributed by atoms with van der Waals surface area (Å²) in [5.74, 6) is 0.804. The summed E-state index contributed by atoms with van der Waals surface area (Å²) in [5, 5.41) is 51.8. The lowest BCUT2D eigenvalue weighted by molar-refractivity contribution is -0.0523. The van der Waals surface area contributed by atoms with E-state index in [-0.39, 0.29) is 46.7 Å². The van der Waals surface area contributed by atoms with E-state index in [9.17, 15) is 25.5 Å². The summed E-state index contributed by atoms with van der Waals surface area (Å²) in [6.07, 6.45) is 1.59. The maximum Gasteiger partial charge on any atom is 0.194 e. The molecular formula is C22H27NO5. The molecule has 1 aromatic carbocycles. The number of hydrogen-bond donors (Lipinski definition) is 5. The van der Waals surface area contributed by atoms with Crippen LogP contribution in [0.1, 0.15) is 55.7 Å². The zero-order valence-corrected chi connectivity index (χ0v) is 15.9. The van der Waals surface area contributed by atoms with Crippen molar-refractivity contribution in [3.63, 3.8) is 0 Å². The summed E-state index contributed by atoms with van der Waals surface area (Å²) in [5.41, 5.74) is 1.73. The van der Waals surface area contributed by atoms with Crippen LogP contribution in [-0.2, 0) is 0 Å². The standard InChI is InChI=1S/C22H27NO5/c1-22-7-6-13-12-3-2-11(24)8-15(12)17(23-19(26)4-5-20(23)27)9-14(13)16(22)10-18(25)21(22)28/h2-5,8,13-14,16-18,21,24-28H,6-7,9-10H2,1H3/t13-,14-,16+,17+,18-,21+,22+/m1/s1. The molecule has 0 unspecified atom stereocenters. The third-order valence-corrected chi connectivity index (χ3v) is 7.92. The first-order valence-corrected chi connectivity index (χ1v) is 10.1. The normalized spacial score (nSPS) is 39.2. The van der Waals surface area contributed by atoms with Gasteiger partial charge in [-0.1, -0.05) is 13.0 Å². The van der Waals surface area contributed by atoms with Crippen molar-refractivity contribution < 1.29 is 25.5 Å². The van der Waals surface area contributed by atoms with Crippen LogP contribution in [0.4, 0.5) is 0 Å². The largest absolute Gasteiger partial charge is 0.508 e.